The molecule has 1 aliphatic carbocycles. The third kappa shape index (κ3) is 4.13. The van der Waals surface area contributed by atoms with Crippen LogP contribution in [-0.2, 0) is 9.47 Å². The van der Waals surface area contributed by atoms with E-state index in [0.29, 0.717) is 12.4 Å². The molecule has 1 aliphatic heterocycles. The lowest BCUT2D eigenvalue weighted by molar-refractivity contribution is 0.0337. The summed E-state index contributed by atoms with van der Waals surface area (Å²) in [5.41, 5.74) is 1.42. The number of methoxy groups -OCH3 is 1. The molecule has 1 fully saturated rings. The monoisotopic (exact) mass is 387 g/mol. The zero-order valence-electron chi connectivity index (χ0n) is 17.5. The Balaban J connectivity index is 2.05. The molecule has 0 N–H and O–H groups in total. The van der Waals surface area contributed by atoms with Crippen LogP contribution in [0, 0.1) is 5.41 Å². The predicted octanol–water partition coefficient (Wildman–Crippen LogP) is 3.70. The van der Waals surface area contributed by atoms with Crippen LogP contribution in [0.5, 0.6) is 0 Å². The fourth-order valence-electron chi connectivity index (χ4n) is 3.39. The van der Waals surface area contributed by atoms with Crippen molar-refractivity contribution >= 4 is 23.6 Å². The molecule has 7 nitrogen and oxygen atoms in total. The molecule has 0 unspecified atom stereocenters. The molecule has 2 aliphatic rings. The number of allylic oxidation sites excluding steroid dienone is 1. The van der Waals surface area contributed by atoms with E-state index in [9.17, 15) is 9.59 Å². The second-order valence-corrected chi connectivity index (χ2v) is 8.73. The Bertz CT molecular complexity index is 819. The average molecular weight is 387 g/mol. The highest BCUT2D eigenvalue weighted by molar-refractivity contribution is 5.90. The van der Waals surface area contributed by atoms with Gasteiger partial charge in [-0.2, -0.15) is 0 Å². The average Bonchev–Trinajstić information content (AvgIpc) is 3.37. The standard InChI is InChI=1S/C21H29N3O4/c1-20(2,3)28-19(26)24-12-11-21(9-10-21)13-16(24)14-7-8-15(18(25)27-6)22-17(14)23(4)5/h7-8,13H,9-12H2,1-6H3. The summed E-state index contributed by atoms with van der Waals surface area (Å²) in [6.07, 6.45) is 5.01. The first kappa shape index (κ1) is 20.2. The normalized spacial score (nSPS) is 17.8. The molecular weight excluding hydrogens is 358 g/mol. The van der Waals surface area contributed by atoms with Gasteiger partial charge in [0.1, 0.15) is 11.4 Å². The van der Waals surface area contributed by atoms with Crippen molar-refractivity contribution in [2.24, 2.45) is 5.41 Å². The Kier molecular flexibility index (Phi) is 5.12. The quantitative estimate of drug-likeness (QED) is 0.737. The van der Waals surface area contributed by atoms with Crippen molar-refractivity contribution in [2.75, 3.05) is 32.6 Å². The van der Waals surface area contributed by atoms with Crippen LogP contribution in [0.25, 0.3) is 5.70 Å². The van der Waals surface area contributed by atoms with Crippen molar-refractivity contribution in [3.05, 3.63) is 29.5 Å². The molecule has 0 bridgehead atoms. The van der Waals surface area contributed by atoms with Gasteiger partial charge in [0.15, 0.2) is 5.69 Å². The van der Waals surface area contributed by atoms with E-state index in [1.54, 1.807) is 11.0 Å². The lowest BCUT2D eigenvalue weighted by Gasteiger charge is -2.35. The van der Waals surface area contributed by atoms with Gasteiger partial charge in [-0.25, -0.2) is 14.6 Å². The minimum Gasteiger partial charge on any atom is -0.464 e. The van der Waals surface area contributed by atoms with Crippen LogP contribution in [0.15, 0.2) is 18.2 Å². The number of pyridine rings is 1. The Labute approximate surface area is 166 Å². The third-order valence-corrected chi connectivity index (χ3v) is 5.04. The Morgan fingerprint density at radius 3 is 2.39 bits per heavy atom. The van der Waals surface area contributed by atoms with Gasteiger partial charge in [0.2, 0.25) is 0 Å². The molecule has 0 atom stereocenters. The van der Waals surface area contributed by atoms with Gasteiger partial charge in [0, 0.05) is 26.2 Å². The molecule has 7 heteroatoms. The maximum Gasteiger partial charge on any atom is 0.414 e. The number of aromatic nitrogens is 1. The Hall–Kier alpha value is -2.57. The first-order chi connectivity index (χ1) is 13.1. The van der Waals surface area contributed by atoms with Gasteiger partial charge in [-0.1, -0.05) is 6.08 Å². The number of esters is 1. The molecule has 152 valence electrons. The lowest BCUT2D eigenvalue weighted by Crippen LogP contribution is -2.39. The molecule has 1 aromatic rings. The summed E-state index contributed by atoms with van der Waals surface area (Å²) in [7, 11) is 5.06. The van der Waals surface area contributed by atoms with Gasteiger partial charge in [0.05, 0.1) is 12.8 Å². The number of carbonyl (C=O) groups excluding carboxylic acids is 2. The fourth-order valence-corrected chi connectivity index (χ4v) is 3.39. The van der Waals surface area contributed by atoms with Gasteiger partial charge >= 0.3 is 12.1 Å². The summed E-state index contributed by atoms with van der Waals surface area (Å²) in [5.74, 6) is 0.121. The molecule has 1 spiro atoms. The number of carbonyl (C=O) groups is 2. The van der Waals surface area contributed by atoms with Crippen LogP contribution in [0.1, 0.15) is 56.1 Å². The first-order valence-electron chi connectivity index (χ1n) is 9.56. The highest BCUT2D eigenvalue weighted by atomic mass is 16.6. The molecule has 0 aromatic carbocycles. The summed E-state index contributed by atoms with van der Waals surface area (Å²) < 4.78 is 10.4. The molecule has 1 amide bonds. The van der Waals surface area contributed by atoms with Crippen LogP contribution in [0.3, 0.4) is 0 Å². The van der Waals surface area contributed by atoms with Crippen LogP contribution >= 0.6 is 0 Å². The van der Waals surface area contributed by atoms with Crippen molar-refractivity contribution < 1.29 is 19.1 Å². The molecular formula is C21H29N3O4. The van der Waals surface area contributed by atoms with Gasteiger partial charge in [-0.05, 0) is 57.6 Å². The molecule has 1 aromatic heterocycles. The number of amides is 1. The number of hydrogen-bond acceptors (Lipinski definition) is 6. The van der Waals surface area contributed by atoms with Crippen molar-refractivity contribution in [1.29, 1.82) is 0 Å². The topological polar surface area (TPSA) is 72.0 Å². The van der Waals surface area contributed by atoms with Crippen LogP contribution in [0.4, 0.5) is 10.6 Å². The predicted molar refractivity (Wildman–Crippen MR) is 107 cm³/mol. The van der Waals surface area contributed by atoms with Gasteiger partial charge in [-0.15, -0.1) is 0 Å². The number of rotatable bonds is 3. The largest absolute Gasteiger partial charge is 0.464 e. The summed E-state index contributed by atoms with van der Waals surface area (Å²) in [5, 5.41) is 0. The minimum atomic E-state index is -0.575. The van der Waals surface area contributed by atoms with Crippen LogP contribution in [0.2, 0.25) is 0 Å². The third-order valence-electron chi connectivity index (χ3n) is 5.04. The van der Waals surface area contributed by atoms with Crippen molar-refractivity contribution in [3.8, 4) is 0 Å². The maximum atomic E-state index is 12.9. The minimum absolute atomic E-state index is 0.165. The maximum absolute atomic E-state index is 12.9. The highest BCUT2D eigenvalue weighted by Gasteiger charge is 2.46. The molecule has 2 heterocycles. The number of hydrogen-bond donors (Lipinski definition) is 0. The zero-order valence-corrected chi connectivity index (χ0v) is 17.5. The molecule has 0 saturated heterocycles. The van der Waals surface area contributed by atoms with E-state index in [0.717, 1.165) is 30.5 Å². The summed E-state index contributed by atoms with van der Waals surface area (Å²) >= 11 is 0. The summed E-state index contributed by atoms with van der Waals surface area (Å²) in [6.45, 7) is 6.18. The van der Waals surface area contributed by atoms with E-state index >= 15 is 0 Å². The summed E-state index contributed by atoms with van der Waals surface area (Å²) in [6, 6.07) is 3.47. The van der Waals surface area contributed by atoms with Crippen LogP contribution in [-0.4, -0.2) is 55.3 Å². The Morgan fingerprint density at radius 2 is 1.86 bits per heavy atom. The molecule has 28 heavy (non-hydrogen) atoms. The molecule has 0 radical (unpaired) electrons. The van der Waals surface area contributed by atoms with E-state index in [-0.39, 0.29) is 17.2 Å². The van der Waals surface area contributed by atoms with Crippen molar-refractivity contribution in [3.63, 3.8) is 0 Å². The zero-order chi connectivity index (χ0) is 20.7. The summed E-state index contributed by atoms with van der Waals surface area (Å²) in [4.78, 5) is 32.8. The van der Waals surface area contributed by atoms with E-state index in [4.69, 9.17) is 9.47 Å². The second kappa shape index (κ2) is 7.11. The fraction of sp³-hybridized carbons (Fsp3) is 0.571. The van der Waals surface area contributed by atoms with E-state index in [2.05, 4.69) is 11.1 Å². The number of anilines is 1. The molecule has 1 saturated carbocycles. The second-order valence-electron chi connectivity index (χ2n) is 8.73. The van der Waals surface area contributed by atoms with Crippen molar-refractivity contribution in [1.82, 2.24) is 9.88 Å². The van der Waals surface area contributed by atoms with Gasteiger partial charge < -0.3 is 14.4 Å². The highest BCUT2D eigenvalue weighted by Crippen LogP contribution is 2.54. The molecule has 3 rings (SSSR count). The van der Waals surface area contributed by atoms with Crippen molar-refractivity contribution in [2.45, 2.75) is 45.6 Å². The SMILES string of the molecule is COC(=O)c1ccc(C2=CC3(CCN2C(=O)OC(C)(C)C)CC3)c(N(C)C)n1. The smallest absolute Gasteiger partial charge is 0.414 e. The lowest BCUT2D eigenvalue weighted by atomic mass is 9.93. The number of ether oxygens (including phenoxy) is 2. The number of nitrogens with zero attached hydrogens (tertiary/aromatic N) is 3. The Morgan fingerprint density at radius 1 is 1.18 bits per heavy atom. The van der Waals surface area contributed by atoms with E-state index < -0.39 is 11.6 Å². The first-order valence-corrected chi connectivity index (χ1v) is 9.56. The van der Waals surface area contributed by atoms with Crippen LogP contribution < -0.4 is 4.90 Å². The van der Waals surface area contributed by atoms with E-state index in [1.807, 2.05) is 45.8 Å². The van der Waals surface area contributed by atoms with Gasteiger partial charge in [0.25, 0.3) is 0 Å². The van der Waals surface area contributed by atoms with E-state index in [1.165, 1.54) is 7.11 Å². The van der Waals surface area contributed by atoms with Gasteiger partial charge in [-0.3, -0.25) is 4.90 Å².